The molecule has 0 spiro atoms. The van der Waals surface area contributed by atoms with Crippen molar-refractivity contribution in [2.75, 3.05) is 7.11 Å². The van der Waals surface area contributed by atoms with Crippen LogP contribution in [-0.2, 0) is 13.1 Å². The average molecular weight is 378 g/mol. The monoisotopic (exact) mass is 378 g/mol. The van der Waals surface area contributed by atoms with Gasteiger partial charge in [0, 0.05) is 28.6 Å². The molecule has 3 rings (SSSR count). The number of nitrogens with one attached hydrogen (secondary N) is 1. The summed E-state index contributed by atoms with van der Waals surface area (Å²) < 4.78 is 7.37. The van der Waals surface area contributed by atoms with E-state index in [-0.39, 0.29) is 5.91 Å². The minimum atomic E-state index is -0.129. The zero-order valence-electron chi connectivity index (χ0n) is 17.0. The first kappa shape index (κ1) is 19.6. The van der Waals surface area contributed by atoms with E-state index < -0.39 is 0 Å². The van der Waals surface area contributed by atoms with Gasteiger partial charge >= 0.3 is 0 Å². The summed E-state index contributed by atoms with van der Waals surface area (Å²) in [4.78, 5) is 17.1. The van der Waals surface area contributed by atoms with E-state index in [0.29, 0.717) is 18.7 Å². The molecule has 1 amide bonds. The number of hydrogen-bond acceptors (Lipinski definition) is 4. The molecular weight excluding hydrogens is 352 g/mol. The van der Waals surface area contributed by atoms with Gasteiger partial charge in [0.1, 0.15) is 5.75 Å². The van der Waals surface area contributed by atoms with Gasteiger partial charge in [-0.1, -0.05) is 12.1 Å². The van der Waals surface area contributed by atoms with Crippen molar-refractivity contribution < 1.29 is 9.53 Å². The van der Waals surface area contributed by atoms with Crippen molar-refractivity contribution in [1.82, 2.24) is 20.1 Å². The summed E-state index contributed by atoms with van der Waals surface area (Å²) in [5.74, 6) is 0.682. The Kier molecular flexibility index (Phi) is 5.78. The van der Waals surface area contributed by atoms with Gasteiger partial charge in [-0.3, -0.25) is 14.5 Å². The van der Waals surface area contributed by atoms with Crippen LogP contribution in [0.25, 0.3) is 0 Å². The van der Waals surface area contributed by atoms with Crippen LogP contribution in [0.2, 0.25) is 0 Å². The molecule has 0 unspecified atom stereocenters. The van der Waals surface area contributed by atoms with Crippen molar-refractivity contribution in [3.63, 3.8) is 0 Å². The first-order chi connectivity index (χ1) is 13.4. The third-order valence-electron chi connectivity index (χ3n) is 4.79. The van der Waals surface area contributed by atoms with E-state index in [1.165, 1.54) is 0 Å². The second-order valence-corrected chi connectivity index (χ2v) is 7.01. The molecule has 2 heterocycles. The van der Waals surface area contributed by atoms with Crippen LogP contribution >= 0.6 is 0 Å². The first-order valence-corrected chi connectivity index (χ1v) is 9.26. The molecule has 0 aliphatic heterocycles. The third-order valence-corrected chi connectivity index (χ3v) is 4.79. The minimum Gasteiger partial charge on any atom is -0.496 e. The number of nitrogens with zero attached hydrogens (tertiary/aromatic N) is 3. The number of carbonyl (C=O) groups excluding carboxylic acids is 1. The van der Waals surface area contributed by atoms with Gasteiger partial charge in [-0.2, -0.15) is 5.10 Å². The standard InChI is InChI=1S/C22H26N4O2/c1-14-11-23-20(17(4)21(14)28-5)12-24-22(27)19-8-6-7-18(10-19)13-26-16(3)9-15(2)25-26/h6-11H,12-13H2,1-5H3,(H,24,27). The molecule has 0 atom stereocenters. The molecule has 0 saturated heterocycles. The molecule has 0 radical (unpaired) electrons. The van der Waals surface area contributed by atoms with E-state index in [4.69, 9.17) is 4.74 Å². The van der Waals surface area contributed by atoms with E-state index >= 15 is 0 Å². The molecule has 1 N–H and O–H groups in total. The lowest BCUT2D eigenvalue weighted by atomic mass is 10.1. The summed E-state index contributed by atoms with van der Waals surface area (Å²) in [6.45, 7) is 8.90. The fourth-order valence-electron chi connectivity index (χ4n) is 3.33. The second-order valence-electron chi connectivity index (χ2n) is 7.01. The zero-order valence-corrected chi connectivity index (χ0v) is 17.0. The Morgan fingerprint density at radius 1 is 1.18 bits per heavy atom. The number of aromatic nitrogens is 3. The van der Waals surface area contributed by atoms with Crippen LogP contribution in [0.3, 0.4) is 0 Å². The molecule has 0 saturated carbocycles. The maximum Gasteiger partial charge on any atom is 0.251 e. The predicted molar refractivity (Wildman–Crippen MR) is 109 cm³/mol. The number of pyridine rings is 1. The SMILES string of the molecule is COc1c(C)cnc(CNC(=O)c2cccc(Cn3nc(C)cc3C)c2)c1C. The largest absolute Gasteiger partial charge is 0.496 e. The molecule has 2 aromatic heterocycles. The Labute approximate surface area is 165 Å². The zero-order chi connectivity index (χ0) is 20.3. The molecule has 6 nitrogen and oxygen atoms in total. The average Bonchev–Trinajstić information content (AvgIpc) is 2.98. The number of hydrogen-bond donors (Lipinski definition) is 1. The van der Waals surface area contributed by atoms with Crippen LogP contribution in [-0.4, -0.2) is 27.8 Å². The van der Waals surface area contributed by atoms with E-state index in [1.807, 2.05) is 62.7 Å². The number of methoxy groups -OCH3 is 1. The molecule has 146 valence electrons. The van der Waals surface area contributed by atoms with Crippen molar-refractivity contribution in [1.29, 1.82) is 0 Å². The normalized spacial score (nSPS) is 10.8. The lowest BCUT2D eigenvalue weighted by molar-refractivity contribution is 0.0950. The summed E-state index contributed by atoms with van der Waals surface area (Å²) >= 11 is 0. The highest BCUT2D eigenvalue weighted by molar-refractivity contribution is 5.94. The van der Waals surface area contributed by atoms with Crippen LogP contribution < -0.4 is 10.1 Å². The van der Waals surface area contributed by atoms with Crippen molar-refractivity contribution in [2.45, 2.75) is 40.8 Å². The van der Waals surface area contributed by atoms with Gasteiger partial charge in [0.25, 0.3) is 5.91 Å². The highest BCUT2D eigenvalue weighted by Crippen LogP contribution is 2.23. The van der Waals surface area contributed by atoms with E-state index in [2.05, 4.69) is 15.4 Å². The molecule has 28 heavy (non-hydrogen) atoms. The number of rotatable bonds is 6. The fourth-order valence-corrected chi connectivity index (χ4v) is 3.33. The molecule has 0 fully saturated rings. The number of benzene rings is 1. The summed E-state index contributed by atoms with van der Waals surface area (Å²) in [7, 11) is 1.64. The van der Waals surface area contributed by atoms with Crippen molar-refractivity contribution in [3.05, 3.63) is 75.9 Å². The summed E-state index contributed by atoms with van der Waals surface area (Å²) in [5, 5.41) is 7.44. The number of ether oxygens (including phenoxy) is 1. The Hall–Kier alpha value is -3.15. The first-order valence-electron chi connectivity index (χ1n) is 9.26. The van der Waals surface area contributed by atoms with E-state index in [0.717, 1.165) is 39.5 Å². The van der Waals surface area contributed by atoms with Crippen LogP contribution in [0.1, 0.15) is 44.1 Å². The molecule has 3 aromatic rings. The van der Waals surface area contributed by atoms with Crippen molar-refractivity contribution in [2.24, 2.45) is 0 Å². The molecule has 0 bridgehead atoms. The van der Waals surface area contributed by atoms with Gasteiger partial charge in [0.15, 0.2) is 0 Å². The van der Waals surface area contributed by atoms with Gasteiger partial charge in [0.05, 0.1) is 31.6 Å². The summed E-state index contributed by atoms with van der Waals surface area (Å²) in [6, 6.07) is 9.66. The lowest BCUT2D eigenvalue weighted by Gasteiger charge is -2.13. The van der Waals surface area contributed by atoms with Gasteiger partial charge in [0.2, 0.25) is 0 Å². The van der Waals surface area contributed by atoms with Gasteiger partial charge in [-0.05, 0) is 51.5 Å². The molecule has 6 heteroatoms. The Balaban J connectivity index is 1.71. The van der Waals surface area contributed by atoms with Gasteiger partial charge in [-0.25, -0.2) is 0 Å². The maximum atomic E-state index is 12.6. The van der Waals surface area contributed by atoms with Crippen LogP contribution in [0.15, 0.2) is 36.5 Å². The van der Waals surface area contributed by atoms with Crippen LogP contribution in [0, 0.1) is 27.7 Å². The van der Waals surface area contributed by atoms with Crippen molar-refractivity contribution in [3.8, 4) is 5.75 Å². The van der Waals surface area contributed by atoms with E-state index in [1.54, 1.807) is 13.3 Å². The topological polar surface area (TPSA) is 69.0 Å². The fraction of sp³-hybridized carbons (Fsp3) is 0.318. The molecule has 0 aliphatic carbocycles. The maximum absolute atomic E-state index is 12.6. The molecule has 0 aliphatic rings. The Morgan fingerprint density at radius 3 is 2.64 bits per heavy atom. The van der Waals surface area contributed by atoms with Crippen molar-refractivity contribution >= 4 is 5.91 Å². The Morgan fingerprint density at radius 2 is 1.96 bits per heavy atom. The van der Waals surface area contributed by atoms with Gasteiger partial charge in [-0.15, -0.1) is 0 Å². The third kappa shape index (κ3) is 4.22. The smallest absolute Gasteiger partial charge is 0.251 e. The number of aryl methyl sites for hydroxylation is 3. The van der Waals surface area contributed by atoms with Gasteiger partial charge < -0.3 is 10.1 Å². The predicted octanol–water partition coefficient (Wildman–Crippen LogP) is 3.50. The van der Waals surface area contributed by atoms with Crippen LogP contribution in [0.4, 0.5) is 0 Å². The molecular formula is C22H26N4O2. The quantitative estimate of drug-likeness (QED) is 0.713. The number of amides is 1. The summed E-state index contributed by atoms with van der Waals surface area (Å²) in [5.41, 5.74) is 6.47. The highest BCUT2D eigenvalue weighted by Gasteiger charge is 2.12. The van der Waals surface area contributed by atoms with E-state index in [9.17, 15) is 4.79 Å². The Bertz CT molecular complexity index is 1010. The highest BCUT2D eigenvalue weighted by atomic mass is 16.5. The molecule has 1 aromatic carbocycles. The minimum absolute atomic E-state index is 0.129. The second kappa shape index (κ2) is 8.25. The summed E-state index contributed by atoms with van der Waals surface area (Å²) in [6.07, 6.45) is 1.77. The van der Waals surface area contributed by atoms with Crippen LogP contribution in [0.5, 0.6) is 5.75 Å². The lowest BCUT2D eigenvalue weighted by Crippen LogP contribution is -2.24. The number of carbonyl (C=O) groups is 1.